The zero-order chi connectivity index (χ0) is 13.2. The number of hydrogen-bond acceptors (Lipinski definition) is 2. The molecule has 1 saturated carbocycles. The molecule has 1 aliphatic carbocycles. The maximum absolute atomic E-state index is 12.7. The lowest BCUT2D eigenvalue weighted by atomic mass is 9.67. The first-order valence-corrected chi connectivity index (χ1v) is 6.59. The van der Waals surface area contributed by atoms with Crippen molar-refractivity contribution in [1.29, 1.82) is 0 Å². The smallest absolute Gasteiger partial charge is 0.234 e. The SMILES string of the molecule is CNCC1(C(=O)N(C)c2ccccc2C)CCC1. The largest absolute Gasteiger partial charge is 0.319 e. The van der Waals surface area contributed by atoms with Gasteiger partial charge in [0.1, 0.15) is 0 Å². The monoisotopic (exact) mass is 246 g/mol. The molecule has 3 nitrogen and oxygen atoms in total. The van der Waals surface area contributed by atoms with Crippen LogP contribution in [0.25, 0.3) is 0 Å². The molecular formula is C15H22N2O. The van der Waals surface area contributed by atoms with Gasteiger partial charge >= 0.3 is 0 Å². The van der Waals surface area contributed by atoms with Crippen LogP contribution in [-0.4, -0.2) is 26.5 Å². The number of amides is 1. The lowest BCUT2D eigenvalue weighted by Crippen LogP contribution is -2.51. The van der Waals surface area contributed by atoms with Crippen LogP contribution in [0.4, 0.5) is 5.69 Å². The van der Waals surface area contributed by atoms with Crippen molar-refractivity contribution in [3.63, 3.8) is 0 Å². The number of benzene rings is 1. The van der Waals surface area contributed by atoms with Crippen LogP contribution in [0.15, 0.2) is 24.3 Å². The second-order valence-electron chi connectivity index (χ2n) is 5.31. The van der Waals surface area contributed by atoms with E-state index in [0.717, 1.165) is 37.1 Å². The van der Waals surface area contributed by atoms with Crippen LogP contribution in [0, 0.1) is 12.3 Å². The molecule has 0 radical (unpaired) electrons. The van der Waals surface area contributed by atoms with Crippen molar-refractivity contribution in [2.45, 2.75) is 26.2 Å². The fraction of sp³-hybridized carbons (Fsp3) is 0.533. The van der Waals surface area contributed by atoms with Crippen LogP contribution in [0.5, 0.6) is 0 Å². The summed E-state index contributed by atoms with van der Waals surface area (Å²) in [6.45, 7) is 2.83. The molecule has 1 aromatic rings. The molecule has 1 amide bonds. The number of nitrogens with zero attached hydrogens (tertiary/aromatic N) is 1. The zero-order valence-electron chi connectivity index (χ0n) is 11.5. The zero-order valence-corrected chi connectivity index (χ0v) is 11.5. The Labute approximate surface area is 109 Å². The molecule has 18 heavy (non-hydrogen) atoms. The molecule has 3 heteroatoms. The number of nitrogens with one attached hydrogen (secondary N) is 1. The van der Waals surface area contributed by atoms with Gasteiger partial charge in [-0.05, 0) is 38.4 Å². The minimum Gasteiger partial charge on any atom is -0.319 e. The number of carbonyl (C=O) groups is 1. The lowest BCUT2D eigenvalue weighted by Gasteiger charge is -2.42. The number of hydrogen-bond donors (Lipinski definition) is 1. The highest BCUT2D eigenvalue weighted by Gasteiger charge is 2.45. The Morgan fingerprint density at radius 3 is 2.56 bits per heavy atom. The van der Waals surface area contributed by atoms with Crippen LogP contribution >= 0.6 is 0 Å². The van der Waals surface area contributed by atoms with Crippen LogP contribution in [0.1, 0.15) is 24.8 Å². The van der Waals surface area contributed by atoms with Crippen LogP contribution < -0.4 is 10.2 Å². The van der Waals surface area contributed by atoms with E-state index in [2.05, 4.69) is 5.32 Å². The predicted octanol–water partition coefficient (Wildman–Crippen LogP) is 2.35. The molecule has 0 spiro atoms. The fourth-order valence-corrected chi connectivity index (χ4v) is 2.81. The van der Waals surface area contributed by atoms with Crippen molar-refractivity contribution in [2.75, 3.05) is 25.5 Å². The van der Waals surface area contributed by atoms with Gasteiger partial charge in [-0.2, -0.15) is 0 Å². The third-order valence-electron chi connectivity index (χ3n) is 4.06. The highest BCUT2D eigenvalue weighted by atomic mass is 16.2. The Bertz CT molecular complexity index is 438. The van der Waals surface area contributed by atoms with E-state index in [0.29, 0.717) is 0 Å². The van der Waals surface area contributed by atoms with Gasteiger partial charge in [-0.3, -0.25) is 4.79 Å². The van der Waals surface area contributed by atoms with E-state index in [9.17, 15) is 4.79 Å². The quantitative estimate of drug-likeness (QED) is 0.884. The number of para-hydroxylation sites is 1. The third kappa shape index (κ3) is 2.15. The molecule has 0 heterocycles. The van der Waals surface area contributed by atoms with Gasteiger partial charge in [0, 0.05) is 19.3 Å². The molecule has 1 N–H and O–H groups in total. The summed E-state index contributed by atoms with van der Waals surface area (Å²) in [4.78, 5) is 14.5. The van der Waals surface area contributed by atoms with Gasteiger partial charge in [-0.25, -0.2) is 0 Å². The maximum Gasteiger partial charge on any atom is 0.234 e. The summed E-state index contributed by atoms with van der Waals surface area (Å²) in [7, 11) is 3.81. The molecule has 0 aromatic heterocycles. The van der Waals surface area contributed by atoms with Crippen LogP contribution in [0.2, 0.25) is 0 Å². The second kappa shape index (κ2) is 5.11. The Morgan fingerprint density at radius 2 is 2.06 bits per heavy atom. The first-order valence-electron chi connectivity index (χ1n) is 6.59. The predicted molar refractivity (Wildman–Crippen MR) is 74.8 cm³/mol. The molecule has 0 unspecified atom stereocenters. The molecule has 0 atom stereocenters. The summed E-state index contributed by atoms with van der Waals surface area (Å²) >= 11 is 0. The molecule has 0 bridgehead atoms. The van der Waals surface area contributed by atoms with Gasteiger partial charge in [0.2, 0.25) is 5.91 Å². The first-order chi connectivity index (χ1) is 8.60. The highest BCUT2D eigenvalue weighted by Crippen LogP contribution is 2.42. The van der Waals surface area contributed by atoms with Crippen molar-refractivity contribution in [1.82, 2.24) is 5.32 Å². The number of carbonyl (C=O) groups excluding carboxylic acids is 1. The summed E-state index contributed by atoms with van der Waals surface area (Å²) in [5.41, 5.74) is 1.99. The minimum absolute atomic E-state index is 0.175. The summed E-state index contributed by atoms with van der Waals surface area (Å²) in [6.07, 6.45) is 3.17. The standard InChI is InChI=1S/C15H22N2O/c1-12-7-4-5-8-13(12)17(3)14(18)15(11-16-2)9-6-10-15/h4-5,7-8,16H,6,9-11H2,1-3H3. The van der Waals surface area contributed by atoms with Gasteiger partial charge in [0.15, 0.2) is 0 Å². The number of anilines is 1. The fourth-order valence-electron chi connectivity index (χ4n) is 2.81. The molecule has 1 aromatic carbocycles. The van der Waals surface area contributed by atoms with Crippen molar-refractivity contribution < 1.29 is 4.79 Å². The maximum atomic E-state index is 12.7. The van der Waals surface area contributed by atoms with E-state index in [4.69, 9.17) is 0 Å². The van der Waals surface area contributed by atoms with Gasteiger partial charge in [0.05, 0.1) is 5.41 Å². The Balaban J connectivity index is 2.21. The number of rotatable bonds is 4. The van der Waals surface area contributed by atoms with E-state index in [-0.39, 0.29) is 11.3 Å². The molecule has 98 valence electrons. The second-order valence-corrected chi connectivity index (χ2v) is 5.31. The van der Waals surface area contributed by atoms with E-state index >= 15 is 0 Å². The minimum atomic E-state index is -0.175. The lowest BCUT2D eigenvalue weighted by molar-refractivity contribution is -0.132. The van der Waals surface area contributed by atoms with E-state index < -0.39 is 0 Å². The summed E-state index contributed by atoms with van der Waals surface area (Å²) in [5, 5.41) is 3.16. The summed E-state index contributed by atoms with van der Waals surface area (Å²) < 4.78 is 0. The van der Waals surface area contributed by atoms with Crippen LogP contribution in [0.3, 0.4) is 0 Å². The normalized spacial score (nSPS) is 17.1. The Kier molecular flexibility index (Phi) is 3.71. The van der Waals surface area contributed by atoms with Gasteiger partial charge in [-0.1, -0.05) is 24.6 Å². The molecular weight excluding hydrogens is 224 g/mol. The van der Waals surface area contributed by atoms with Crippen molar-refractivity contribution in [3.05, 3.63) is 29.8 Å². The Morgan fingerprint density at radius 1 is 1.39 bits per heavy atom. The average molecular weight is 246 g/mol. The molecule has 1 aliphatic rings. The van der Waals surface area contributed by atoms with Gasteiger partial charge < -0.3 is 10.2 Å². The average Bonchev–Trinajstić information content (AvgIpc) is 2.33. The Hall–Kier alpha value is -1.35. The van der Waals surface area contributed by atoms with Crippen LogP contribution in [-0.2, 0) is 4.79 Å². The number of aryl methyl sites for hydroxylation is 1. The third-order valence-corrected chi connectivity index (χ3v) is 4.06. The molecule has 0 aliphatic heterocycles. The topological polar surface area (TPSA) is 32.3 Å². The molecule has 1 fully saturated rings. The summed E-state index contributed by atoms with van der Waals surface area (Å²) in [5.74, 6) is 0.248. The van der Waals surface area contributed by atoms with Crippen molar-refractivity contribution in [2.24, 2.45) is 5.41 Å². The van der Waals surface area contributed by atoms with Crippen molar-refractivity contribution in [3.8, 4) is 0 Å². The molecule has 2 rings (SSSR count). The van der Waals surface area contributed by atoms with Crippen molar-refractivity contribution >= 4 is 11.6 Å². The van der Waals surface area contributed by atoms with Gasteiger partial charge in [-0.15, -0.1) is 0 Å². The first kappa shape index (κ1) is 13.1. The van der Waals surface area contributed by atoms with E-state index in [1.807, 2.05) is 50.2 Å². The molecule has 0 saturated heterocycles. The van der Waals surface area contributed by atoms with E-state index in [1.54, 1.807) is 0 Å². The van der Waals surface area contributed by atoms with Gasteiger partial charge in [0.25, 0.3) is 0 Å². The van der Waals surface area contributed by atoms with E-state index in [1.165, 1.54) is 0 Å². The summed E-state index contributed by atoms with van der Waals surface area (Å²) in [6, 6.07) is 8.05. The highest BCUT2D eigenvalue weighted by molar-refractivity contribution is 5.98.